The summed E-state index contributed by atoms with van der Waals surface area (Å²) in [6.45, 7) is 1.38. The van der Waals surface area contributed by atoms with Gasteiger partial charge in [-0.1, -0.05) is 29.3 Å². The number of alkyl halides is 1. The lowest BCUT2D eigenvalue weighted by Crippen LogP contribution is -2.43. The molecule has 0 aliphatic carbocycles. The Balaban J connectivity index is 1.93. The fraction of sp³-hybridized carbons (Fsp3) is 0.588. The first-order chi connectivity index (χ1) is 12.4. The van der Waals surface area contributed by atoms with Crippen LogP contribution in [0.4, 0.5) is 9.18 Å². The number of benzene rings is 1. The molecule has 0 bridgehead atoms. The number of urea groups is 1. The third-order valence-corrected chi connectivity index (χ3v) is 5.11. The highest BCUT2D eigenvalue weighted by Crippen LogP contribution is 2.26. The summed E-state index contributed by atoms with van der Waals surface area (Å²) < 4.78 is 19.6. The van der Waals surface area contributed by atoms with Gasteiger partial charge in [-0.15, -0.1) is 0 Å². The smallest absolute Gasteiger partial charge is 0.314 e. The van der Waals surface area contributed by atoms with Crippen LogP contribution in [0.15, 0.2) is 18.2 Å². The number of carbonyl (C=O) groups excluding carboxylic acids is 1. The maximum absolute atomic E-state index is 13.8. The Morgan fingerprint density at radius 1 is 1.46 bits per heavy atom. The summed E-state index contributed by atoms with van der Waals surface area (Å²) in [7, 11) is 1.56. The lowest BCUT2D eigenvalue weighted by atomic mass is 10.2. The van der Waals surface area contributed by atoms with E-state index in [4.69, 9.17) is 33.7 Å². The van der Waals surface area contributed by atoms with Crippen LogP contribution >= 0.6 is 23.2 Å². The van der Waals surface area contributed by atoms with Crippen molar-refractivity contribution in [3.8, 4) is 0 Å². The Morgan fingerprint density at radius 2 is 2.15 bits per heavy atom. The molecule has 0 spiro atoms. The topological polar surface area (TPSA) is 79.6 Å². The van der Waals surface area contributed by atoms with E-state index in [9.17, 15) is 9.18 Å². The number of nitrogens with two attached hydrogens (primary N) is 1. The maximum atomic E-state index is 13.8. The van der Waals surface area contributed by atoms with Crippen molar-refractivity contribution in [1.29, 1.82) is 0 Å². The number of ether oxygens (including phenoxy) is 1. The summed E-state index contributed by atoms with van der Waals surface area (Å²) in [5, 5.41) is 6.49. The lowest BCUT2D eigenvalue weighted by Gasteiger charge is -2.25. The van der Waals surface area contributed by atoms with Gasteiger partial charge in [-0.05, 0) is 18.6 Å². The van der Waals surface area contributed by atoms with Crippen molar-refractivity contribution in [3.05, 3.63) is 33.8 Å². The summed E-state index contributed by atoms with van der Waals surface area (Å²) in [6, 6.07) is 4.94. The van der Waals surface area contributed by atoms with Gasteiger partial charge in [0.1, 0.15) is 6.17 Å². The van der Waals surface area contributed by atoms with Crippen molar-refractivity contribution in [2.24, 2.45) is 5.73 Å². The van der Waals surface area contributed by atoms with E-state index in [1.807, 2.05) is 4.90 Å². The van der Waals surface area contributed by atoms with Crippen LogP contribution in [0.2, 0.25) is 10.0 Å². The van der Waals surface area contributed by atoms with Crippen molar-refractivity contribution in [2.75, 3.05) is 33.3 Å². The normalized spacial score (nSPS) is 21.6. The van der Waals surface area contributed by atoms with Crippen LogP contribution in [0.25, 0.3) is 0 Å². The van der Waals surface area contributed by atoms with Gasteiger partial charge in [0.05, 0.1) is 13.2 Å². The SMILES string of the molecule is CNC(=O)N[C@@H]1C[C@@H](COCc2c(Cl)cccc2Cl)N(C[C@@H](F)CN)C1. The van der Waals surface area contributed by atoms with Crippen molar-refractivity contribution < 1.29 is 13.9 Å². The van der Waals surface area contributed by atoms with E-state index in [1.165, 1.54) is 0 Å². The van der Waals surface area contributed by atoms with E-state index in [0.717, 1.165) is 5.56 Å². The van der Waals surface area contributed by atoms with E-state index in [1.54, 1.807) is 25.2 Å². The molecule has 2 amide bonds. The van der Waals surface area contributed by atoms with E-state index < -0.39 is 6.17 Å². The number of hydrogen-bond acceptors (Lipinski definition) is 4. The number of carbonyl (C=O) groups is 1. The number of nitrogens with zero attached hydrogens (tertiary/aromatic N) is 1. The van der Waals surface area contributed by atoms with Crippen molar-refractivity contribution in [2.45, 2.75) is 31.3 Å². The molecule has 0 radical (unpaired) electrons. The summed E-state index contributed by atoms with van der Waals surface area (Å²) in [4.78, 5) is 13.5. The second-order valence-electron chi connectivity index (χ2n) is 6.31. The molecule has 26 heavy (non-hydrogen) atoms. The van der Waals surface area contributed by atoms with Crippen molar-refractivity contribution in [1.82, 2.24) is 15.5 Å². The molecule has 1 saturated heterocycles. The second kappa shape index (κ2) is 10.3. The van der Waals surface area contributed by atoms with Crippen LogP contribution in [0.1, 0.15) is 12.0 Å². The number of rotatable bonds is 8. The predicted octanol–water partition coefficient (Wildman–Crippen LogP) is 2.18. The molecular formula is C17H25Cl2FN4O2. The highest BCUT2D eigenvalue weighted by molar-refractivity contribution is 6.35. The minimum atomic E-state index is -1.12. The van der Waals surface area contributed by atoms with Gasteiger partial charge in [0.15, 0.2) is 0 Å². The highest BCUT2D eigenvalue weighted by atomic mass is 35.5. The minimum absolute atomic E-state index is 0.0248. The maximum Gasteiger partial charge on any atom is 0.314 e. The van der Waals surface area contributed by atoms with E-state index in [-0.39, 0.29) is 37.8 Å². The Hall–Kier alpha value is -1.12. The van der Waals surface area contributed by atoms with Crippen molar-refractivity contribution in [3.63, 3.8) is 0 Å². The summed E-state index contributed by atoms with van der Waals surface area (Å²) in [6.07, 6.45) is -0.449. The summed E-state index contributed by atoms with van der Waals surface area (Å²) >= 11 is 12.3. The van der Waals surface area contributed by atoms with Gasteiger partial charge in [0.25, 0.3) is 0 Å². The van der Waals surface area contributed by atoms with Crippen LogP contribution in [-0.4, -0.2) is 62.5 Å². The van der Waals surface area contributed by atoms with Crippen LogP contribution < -0.4 is 16.4 Å². The lowest BCUT2D eigenvalue weighted by molar-refractivity contribution is 0.0587. The van der Waals surface area contributed by atoms with Gasteiger partial charge >= 0.3 is 6.03 Å². The third kappa shape index (κ3) is 5.96. The average Bonchev–Trinajstić information content (AvgIpc) is 2.98. The molecule has 1 aliphatic heterocycles. The average molecular weight is 407 g/mol. The standard InChI is InChI=1S/C17H25Cl2FN4O2/c1-22-17(25)23-12-5-13(24(8-12)7-11(20)6-21)9-26-10-14-15(18)3-2-4-16(14)19/h2-4,11-13H,5-10,21H2,1H3,(H2,22,23,25)/t11-,12+,13-/m0/s1. The molecule has 146 valence electrons. The van der Waals surface area contributed by atoms with Crippen LogP contribution in [0, 0.1) is 0 Å². The Bertz CT molecular complexity index is 588. The van der Waals surface area contributed by atoms with Gasteiger partial charge in [-0.2, -0.15) is 0 Å². The third-order valence-electron chi connectivity index (χ3n) is 4.40. The Morgan fingerprint density at radius 3 is 2.77 bits per heavy atom. The first-order valence-electron chi connectivity index (χ1n) is 8.51. The molecule has 6 nitrogen and oxygen atoms in total. The fourth-order valence-corrected chi connectivity index (χ4v) is 3.55. The fourth-order valence-electron chi connectivity index (χ4n) is 3.04. The van der Waals surface area contributed by atoms with Gasteiger partial charge in [0, 0.05) is 54.4 Å². The molecule has 1 heterocycles. The van der Waals surface area contributed by atoms with Gasteiger partial charge in [0.2, 0.25) is 0 Å². The molecule has 1 aromatic carbocycles. The monoisotopic (exact) mass is 406 g/mol. The number of likely N-dealkylation sites (tertiary alicyclic amines) is 1. The molecule has 4 N–H and O–H groups in total. The molecular weight excluding hydrogens is 382 g/mol. The largest absolute Gasteiger partial charge is 0.375 e. The number of hydrogen-bond donors (Lipinski definition) is 3. The van der Waals surface area contributed by atoms with Gasteiger partial charge in [-0.25, -0.2) is 9.18 Å². The van der Waals surface area contributed by atoms with Gasteiger partial charge < -0.3 is 21.1 Å². The molecule has 1 aromatic rings. The number of amides is 2. The second-order valence-corrected chi connectivity index (χ2v) is 7.13. The molecule has 9 heteroatoms. The first-order valence-corrected chi connectivity index (χ1v) is 9.27. The number of nitrogens with one attached hydrogen (secondary N) is 2. The molecule has 0 saturated carbocycles. The quantitative estimate of drug-likeness (QED) is 0.617. The molecule has 1 aliphatic rings. The molecule has 1 fully saturated rings. The van der Waals surface area contributed by atoms with E-state index in [2.05, 4.69) is 10.6 Å². The molecule has 3 atom stereocenters. The van der Waals surface area contributed by atoms with Crippen molar-refractivity contribution >= 4 is 29.2 Å². The zero-order chi connectivity index (χ0) is 19.1. The first kappa shape index (κ1) is 21.2. The van der Waals surface area contributed by atoms with Crippen LogP contribution in [0.3, 0.4) is 0 Å². The zero-order valence-corrected chi connectivity index (χ0v) is 16.2. The predicted molar refractivity (Wildman–Crippen MR) is 101 cm³/mol. The Kier molecular flexibility index (Phi) is 8.37. The number of halogens is 3. The van der Waals surface area contributed by atoms with E-state index in [0.29, 0.717) is 29.6 Å². The van der Waals surface area contributed by atoms with E-state index >= 15 is 0 Å². The molecule has 0 unspecified atom stereocenters. The van der Waals surface area contributed by atoms with Crippen LogP contribution in [-0.2, 0) is 11.3 Å². The van der Waals surface area contributed by atoms with Gasteiger partial charge in [-0.3, -0.25) is 4.90 Å². The Labute approximate surface area is 163 Å². The molecule has 0 aromatic heterocycles. The summed E-state index contributed by atoms with van der Waals surface area (Å²) in [5.41, 5.74) is 6.13. The van der Waals surface area contributed by atoms with Crippen LogP contribution in [0.5, 0.6) is 0 Å². The highest BCUT2D eigenvalue weighted by Gasteiger charge is 2.34. The summed E-state index contributed by atoms with van der Waals surface area (Å²) in [5.74, 6) is 0. The zero-order valence-electron chi connectivity index (χ0n) is 14.7. The minimum Gasteiger partial charge on any atom is -0.375 e. The molecule has 2 rings (SSSR count).